The lowest BCUT2D eigenvalue weighted by Gasteiger charge is -2.33. The van der Waals surface area contributed by atoms with Crippen LogP contribution in [-0.2, 0) is 25.6 Å². The van der Waals surface area contributed by atoms with Gasteiger partial charge >= 0.3 is 0 Å². The minimum atomic E-state index is -1.40. The normalized spacial score (nSPS) is 17.4. The fourth-order valence-electron chi connectivity index (χ4n) is 7.93. The minimum Gasteiger partial charge on any atom is -0.492 e. The Balaban J connectivity index is 1.37. The van der Waals surface area contributed by atoms with Crippen molar-refractivity contribution in [2.45, 2.75) is 64.2 Å². The highest BCUT2D eigenvalue weighted by molar-refractivity contribution is 6.00. The van der Waals surface area contributed by atoms with E-state index in [1.54, 1.807) is 50.2 Å². The Hall–Kier alpha value is -7.14. The number of carbonyl (C=O) groups is 5. The van der Waals surface area contributed by atoms with Gasteiger partial charge in [0, 0.05) is 62.0 Å². The zero-order valence-electron chi connectivity index (χ0n) is 37.7. The molecule has 2 aliphatic rings. The van der Waals surface area contributed by atoms with Crippen molar-refractivity contribution in [1.29, 1.82) is 5.26 Å². The van der Waals surface area contributed by atoms with Gasteiger partial charge in [0.15, 0.2) is 5.82 Å². The largest absolute Gasteiger partial charge is 0.492 e. The van der Waals surface area contributed by atoms with Crippen LogP contribution in [0.3, 0.4) is 0 Å². The number of hydrogen-bond donors (Lipinski definition) is 7. The number of nitrogens with two attached hydrogens (primary N) is 3. The molecular weight excluding hydrogens is 845 g/mol. The molecule has 0 spiro atoms. The molecule has 19 heteroatoms. The lowest BCUT2D eigenvalue weighted by Crippen LogP contribution is -2.56. The Morgan fingerprint density at radius 3 is 2.12 bits per heavy atom. The molecule has 5 amide bonds. The molecule has 2 aliphatic heterocycles. The van der Waals surface area contributed by atoms with Crippen molar-refractivity contribution in [2.24, 2.45) is 17.2 Å². The van der Waals surface area contributed by atoms with E-state index in [0.717, 1.165) is 30.8 Å². The number of nitrogens with zero attached hydrogens (tertiary/aromatic N) is 5. The van der Waals surface area contributed by atoms with Crippen LogP contribution in [0, 0.1) is 25.2 Å². The number of anilines is 1. The van der Waals surface area contributed by atoms with Crippen LogP contribution in [0.4, 0.5) is 5.69 Å². The second-order valence-corrected chi connectivity index (χ2v) is 16.2. The molecule has 6 rings (SSSR count). The molecule has 3 heterocycles. The van der Waals surface area contributed by atoms with Crippen LogP contribution in [0.25, 0.3) is 22.5 Å². The zero-order valence-corrected chi connectivity index (χ0v) is 37.7. The zero-order chi connectivity index (χ0) is 47.5. The van der Waals surface area contributed by atoms with E-state index >= 15 is 0 Å². The molecule has 4 bridgehead atoms. The fourth-order valence-corrected chi connectivity index (χ4v) is 7.93. The van der Waals surface area contributed by atoms with Crippen molar-refractivity contribution in [3.8, 4) is 40.1 Å². The summed E-state index contributed by atoms with van der Waals surface area (Å²) in [6, 6.07) is 15.0. The number of fused-ring (bicyclic) bond motifs is 5. The molecule has 0 aliphatic carbocycles. The first-order valence-electron chi connectivity index (χ1n) is 21.9. The molecule has 1 fully saturated rings. The van der Waals surface area contributed by atoms with E-state index in [-0.39, 0.29) is 57.8 Å². The van der Waals surface area contributed by atoms with Gasteiger partial charge in [-0.3, -0.25) is 24.0 Å². The number of amides is 5. The third kappa shape index (κ3) is 11.2. The molecule has 1 saturated heterocycles. The summed E-state index contributed by atoms with van der Waals surface area (Å²) in [6.45, 7) is 7.25. The Bertz CT molecular complexity index is 2450. The number of aryl methyl sites for hydroxylation is 2. The van der Waals surface area contributed by atoms with E-state index in [4.69, 9.17) is 26.7 Å². The number of nitrogens with one attached hydrogen (secondary N) is 4. The third-order valence-corrected chi connectivity index (χ3v) is 11.5. The van der Waals surface area contributed by atoms with Gasteiger partial charge in [-0.25, -0.2) is 9.97 Å². The van der Waals surface area contributed by atoms with Crippen molar-refractivity contribution in [1.82, 2.24) is 36.1 Å². The average molecular weight is 903 g/mol. The summed E-state index contributed by atoms with van der Waals surface area (Å²) in [5, 5.41) is 19.9. The number of nitriles is 1. The van der Waals surface area contributed by atoms with Crippen molar-refractivity contribution in [2.75, 3.05) is 64.4 Å². The highest BCUT2D eigenvalue weighted by Gasteiger charge is 2.36. The first-order chi connectivity index (χ1) is 31.8. The number of likely N-dealkylation sites (N-methyl/N-ethyl adjacent to an activating group) is 1. The molecule has 4 unspecified atom stereocenters. The van der Waals surface area contributed by atoms with Gasteiger partial charge in [0.2, 0.25) is 23.6 Å². The van der Waals surface area contributed by atoms with Crippen LogP contribution in [0.5, 0.6) is 11.5 Å². The summed E-state index contributed by atoms with van der Waals surface area (Å²) in [5.74, 6) is -2.11. The highest BCUT2D eigenvalue weighted by atomic mass is 16.5. The van der Waals surface area contributed by atoms with Gasteiger partial charge in [0.25, 0.3) is 5.91 Å². The number of carbonyl (C=O) groups excluding carboxylic acids is 5. The highest BCUT2D eigenvalue weighted by Crippen LogP contribution is 2.40. The molecular formula is C47H58N12O7. The monoisotopic (exact) mass is 902 g/mol. The molecule has 348 valence electrons. The quantitative estimate of drug-likeness (QED) is 0.0777. The van der Waals surface area contributed by atoms with E-state index in [9.17, 15) is 29.2 Å². The van der Waals surface area contributed by atoms with Gasteiger partial charge in [-0.15, -0.1) is 0 Å². The predicted octanol–water partition coefficient (Wildman–Crippen LogP) is 1.14. The summed E-state index contributed by atoms with van der Waals surface area (Å²) in [7, 11) is 1.42. The number of ether oxygens (including phenoxy) is 2. The predicted molar refractivity (Wildman–Crippen MR) is 247 cm³/mol. The van der Waals surface area contributed by atoms with E-state index < -0.39 is 53.7 Å². The van der Waals surface area contributed by atoms with E-state index in [0.29, 0.717) is 51.0 Å². The maximum atomic E-state index is 14.7. The molecule has 4 aromatic rings. The van der Waals surface area contributed by atoms with Gasteiger partial charge in [-0.1, -0.05) is 12.1 Å². The van der Waals surface area contributed by atoms with Crippen LogP contribution in [-0.4, -0.2) is 122 Å². The Morgan fingerprint density at radius 2 is 1.53 bits per heavy atom. The smallest absolute Gasteiger partial charge is 0.255 e. The van der Waals surface area contributed by atoms with Gasteiger partial charge in [-0.2, -0.15) is 5.26 Å². The van der Waals surface area contributed by atoms with Crippen LogP contribution in [0.1, 0.15) is 58.7 Å². The third-order valence-electron chi connectivity index (χ3n) is 11.5. The van der Waals surface area contributed by atoms with Gasteiger partial charge in [-0.05, 0) is 99.8 Å². The topological polar surface area (TPSA) is 286 Å². The number of hydrogen-bond acceptors (Lipinski definition) is 14. The number of benzene rings is 3. The van der Waals surface area contributed by atoms with Gasteiger partial charge < -0.3 is 57.7 Å². The summed E-state index contributed by atoms with van der Waals surface area (Å²) in [5.41, 5.74) is 22.5. The Kier molecular flexibility index (Phi) is 16.2. The van der Waals surface area contributed by atoms with Crippen LogP contribution in [0.15, 0.2) is 60.7 Å². The van der Waals surface area contributed by atoms with Crippen LogP contribution < -0.4 is 52.8 Å². The minimum absolute atomic E-state index is 0.00176. The van der Waals surface area contributed by atoms with E-state index in [2.05, 4.69) is 36.1 Å². The van der Waals surface area contributed by atoms with Crippen molar-refractivity contribution in [3.05, 3.63) is 88.7 Å². The lowest BCUT2D eigenvalue weighted by atomic mass is 9.93. The number of rotatable bonds is 16. The number of aromatic nitrogens is 2. The molecule has 0 saturated carbocycles. The second-order valence-electron chi connectivity index (χ2n) is 16.2. The molecule has 10 N–H and O–H groups in total. The average Bonchev–Trinajstić information content (AvgIpc) is 3.28. The van der Waals surface area contributed by atoms with E-state index in [1.807, 2.05) is 30.3 Å². The summed E-state index contributed by atoms with van der Waals surface area (Å²) < 4.78 is 12.2. The molecule has 4 atom stereocenters. The molecule has 0 radical (unpaired) electrons. The first kappa shape index (κ1) is 48.3. The van der Waals surface area contributed by atoms with Crippen LogP contribution >= 0.6 is 0 Å². The van der Waals surface area contributed by atoms with Crippen molar-refractivity contribution in [3.63, 3.8) is 0 Å². The summed E-state index contributed by atoms with van der Waals surface area (Å²) in [6.07, 6.45) is 1.17. The summed E-state index contributed by atoms with van der Waals surface area (Å²) in [4.78, 5) is 83.3. The lowest BCUT2D eigenvalue weighted by molar-refractivity contribution is -0.141. The SMILES string of the molecule is Cc1nc(-c2ccc(N3CCC3)cc2)nc(C)c1C(=O)NC(CCN)C(=O)N(C)C1C(=O)NC(C)C(=O)NC(C(=O)NCC#N)Cc2ccc(OCCN)c(c2)-c2cc1ccc2OCCN. The van der Waals surface area contributed by atoms with E-state index in [1.165, 1.54) is 18.9 Å². The maximum Gasteiger partial charge on any atom is 0.255 e. The standard InChI is InChI=1S/C47H58N12O7/c1-27-40(28(2)54-42(53-27)31-7-10-33(11-8-31)59-20-5-21-59)45(62)56-36(14-15-48)47(64)58(4)41-32-9-13-39(66-23-18-51)35(26-32)34-24-30(6-12-38(34)65-22-17-50)25-37(44(61)52-19-16-49)57-43(60)29(3)55-46(41)63/h6-13,24,26,29,36-37,41H,5,14-15,17-23,25,48,50-51H2,1-4H3,(H,52,61)(H,55,63)(H,56,62)(H,57,60). The molecule has 3 aromatic carbocycles. The van der Waals surface area contributed by atoms with Crippen molar-refractivity contribution < 1.29 is 33.4 Å². The summed E-state index contributed by atoms with van der Waals surface area (Å²) >= 11 is 0. The molecule has 1 aromatic heterocycles. The fraction of sp³-hybridized carbons (Fsp3) is 0.404. The van der Waals surface area contributed by atoms with Gasteiger partial charge in [0.1, 0.15) is 55.4 Å². The van der Waals surface area contributed by atoms with Crippen molar-refractivity contribution >= 4 is 35.2 Å². The first-order valence-corrected chi connectivity index (χ1v) is 21.9. The molecule has 66 heavy (non-hydrogen) atoms. The molecule has 19 nitrogen and oxygen atoms in total. The maximum absolute atomic E-state index is 14.7. The Labute approximate surface area is 383 Å². The Morgan fingerprint density at radius 1 is 0.894 bits per heavy atom. The van der Waals surface area contributed by atoms with Crippen LogP contribution in [0.2, 0.25) is 0 Å². The van der Waals surface area contributed by atoms with Gasteiger partial charge in [0.05, 0.1) is 23.0 Å². The second kappa shape index (κ2) is 22.2.